The zero-order chi connectivity index (χ0) is 20.9. The number of rotatable bonds is 8. The van der Waals surface area contributed by atoms with Crippen LogP contribution in [-0.4, -0.2) is 0 Å². The smallest absolute Gasteiger partial charge is 0.131 e. The first-order valence-corrected chi connectivity index (χ1v) is 12.5. The Kier molecular flexibility index (Phi) is 7.28. The van der Waals surface area contributed by atoms with Gasteiger partial charge >= 0.3 is 0 Å². The van der Waals surface area contributed by atoms with Gasteiger partial charge in [-0.1, -0.05) is 63.3 Å². The molecule has 0 amide bonds. The Morgan fingerprint density at radius 1 is 1.00 bits per heavy atom. The minimum Gasteiger partial charge on any atom is -0.206 e. The molecule has 2 aromatic rings. The average molecular weight is 407 g/mol. The van der Waals surface area contributed by atoms with Gasteiger partial charge in [0.05, 0.1) is 0 Å². The Morgan fingerprint density at radius 3 is 2.67 bits per heavy atom. The van der Waals surface area contributed by atoms with Crippen LogP contribution in [0.3, 0.4) is 0 Å². The van der Waals surface area contributed by atoms with Gasteiger partial charge in [-0.05, 0) is 97.3 Å². The van der Waals surface area contributed by atoms with Crippen LogP contribution in [0.25, 0.3) is 10.8 Å². The van der Waals surface area contributed by atoms with Crippen molar-refractivity contribution in [1.82, 2.24) is 0 Å². The van der Waals surface area contributed by atoms with Crippen LogP contribution in [0.2, 0.25) is 0 Å². The molecule has 2 aromatic carbocycles. The first kappa shape index (κ1) is 21.6. The van der Waals surface area contributed by atoms with Gasteiger partial charge in [-0.15, -0.1) is 6.58 Å². The molecule has 0 spiro atoms. The predicted octanol–water partition coefficient (Wildman–Crippen LogP) is 8.98. The summed E-state index contributed by atoms with van der Waals surface area (Å²) < 4.78 is 15.0. The highest BCUT2D eigenvalue weighted by atomic mass is 19.1. The van der Waals surface area contributed by atoms with Crippen molar-refractivity contribution >= 4 is 10.8 Å². The van der Waals surface area contributed by atoms with E-state index in [1.807, 2.05) is 18.2 Å². The summed E-state index contributed by atoms with van der Waals surface area (Å²) in [7, 11) is 0. The van der Waals surface area contributed by atoms with E-state index in [1.54, 1.807) is 0 Å². The van der Waals surface area contributed by atoms with Gasteiger partial charge < -0.3 is 0 Å². The summed E-state index contributed by atoms with van der Waals surface area (Å²) in [4.78, 5) is 0. The molecule has 2 aliphatic rings. The number of fused-ring (bicyclic) bond motifs is 2. The van der Waals surface area contributed by atoms with Crippen LogP contribution in [0.4, 0.5) is 4.39 Å². The highest BCUT2D eigenvalue weighted by Crippen LogP contribution is 2.48. The Morgan fingerprint density at radius 2 is 1.83 bits per heavy atom. The van der Waals surface area contributed by atoms with E-state index in [9.17, 15) is 0 Å². The molecular weight excluding hydrogens is 367 g/mol. The van der Waals surface area contributed by atoms with Crippen molar-refractivity contribution in [3.05, 3.63) is 59.9 Å². The number of benzene rings is 2. The molecule has 30 heavy (non-hydrogen) atoms. The first-order valence-electron chi connectivity index (χ1n) is 12.5. The molecule has 0 nitrogen and oxygen atoms in total. The number of hydrogen-bond donors (Lipinski definition) is 0. The molecule has 0 bridgehead atoms. The molecule has 0 N–H and O–H groups in total. The quantitative estimate of drug-likeness (QED) is 0.303. The molecule has 4 rings (SSSR count). The SMILES string of the molecule is C=CCCc1ccc2cc([C@@H]3CC[C@@H]4CC(CCCCC)CCC4C3)cc(F)c2c1. The van der Waals surface area contributed by atoms with Crippen LogP contribution in [-0.2, 0) is 6.42 Å². The average Bonchev–Trinajstić information content (AvgIpc) is 2.77. The highest BCUT2D eigenvalue weighted by Gasteiger charge is 2.35. The van der Waals surface area contributed by atoms with Crippen molar-refractivity contribution in [3.63, 3.8) is 0 Å². The molecule has 0 saturated heterocycles. The molecule has 0 radical (unpaired) electrons. The standard InChI is InChI=1S/C29H39F/c1-3-5-7-9-21-10-12-24-18-25(15-14-23(24)16-21)27-19-26-13-11-22(8-6-4-2)17-28(26)29(30)20-27/h4,11,13,17,19-21,23-25H,2-3,5-10,12,14-16,18H2,1H3/t21?,23-,24?,25-/m1/s1. The third-order valence-corrected chi connectivity index (χ3v) is 8.04. The Labute approximate surface area is 183 Å². The van der Waals surface area contributed by atoms with Gasteiger partial charge in [0.2, 0.25) is 0 Å². The Balaban J connectivity index is 1.42. The van der Waals surface area contributed by atoms with E-state index < -0.39 is 0 Å². The fourth-order valence-corrected chi connectivity index (χ4v) is 6.28. The summed E-state index contributed by atoms with van der Waals surface area (Å²) in [5, 5.41) is 1.84. The maximum absolute atomic E-state index is 15.0. The Bertz CT molecular complexity index is 851. The third kappa shape index (κ3) is 4.98. The summed E-state index contributed by atoms with van der Waals surface area (Å²) in [6.07, 6.45) is 17.6. The number of unbranched alkanes of at least 4 members (excludes halogenated alkanes) is 2. The van der Waals surface area contributed by atoms with Crippen molar-refractivity contribution in [3.8, 4) is 0 Å². The molecule has 1 heteroatoms. The number of halogens is 1. The molecular formula is C29H39F. The maximum atomic E-state index is 15.0. The molecule has 2 saturated carbocycles. The minimum atomic E-state index is -0.0373. The largest absolute Gasteiger partial charge is 0.206 e. The van der Waals surface area contributed by atoms with Gasteiger partial charge in [-0.2, -0.15) is 0 Å². The van der Waals surface area contributed by atoms with E-state index in [4.69, 9.17) is 0 Å². The van der Waals surface area contributed by atoms with Crippen LogP contribution in [0.1, 0.15) is 94.6 Å². The lowest BCUT2D eigenvalue weighted by Crippen LogP contribution is -2.30. The highest BCUT2D eigenvalue weighted by molar-refractivity contribution is 5.84. The monoisotopic (exact) mass is 406 g/mol. The van der Waals surface area contributed by atoms with E-state index in [2.05, 4.69) is 31.7 Å². The zero-order valence-electron chi connectivity index (χ0n) is 18.8. The van der Waals surface area contributed by atoms with E-state index in [0.29, 0.717) is 5.92 Å². The lowest BCUT2D eigenvalue weighted by molar-refractivity contribution is 0.113. The van der Waals surface area contributed by atoms with E-state index >= 15 is 4.39 Å². The van der Waals surface area contributed by atoms with Crippen LogP contribution in [0.15, 0.2) is 43.0 Å². The summed E-state index contributed by atoms with van der Waals surface area (Å²) in [6.45, 7) is 6.10. The second kappa shape index (κ2) is 10.1. The van der Waals surface area contributed by atoms with Gasteiger partial charge in [-0.3, -0.25) is 0 Å². The van der Waals surface area contributed by atoms with E-state index in [-0.39, 0.29) is 5.82 Å². The van der Waals surface area contributed by atoms with E-state index in [1.165, 1.54) is 75.3 Å². The van der Waals surface area contributed by atoms with Crippen LogP contribution in [0.5, 0.6) is 0 Å². The Hall–Kier alpha value is -1.63. The number of allylic oxidation sites excluding steroid dienone is 1. The molecule has 0 aliphatic heterocycles. The topological polar surface area (TPSA) is 0 Å². The summed E-state index contributed by atoms with van der Waals surface area (Å²) >= 11 is 0. The number of aryl methyl sites for hydroxylation is 1. The van der Waals surface area contributed by atoms with Gasteiger partial charge in [-0.25, -0.2) is 4.39 Å². The maximum Gasteiger partial charge on any atom is 0.131 e. The number of hydrogen-bond acceptors (Lipinski definition) is 0. The molecule has 0 aromatic heterocycles. The normalized spacial score (nSPS) is 26.5. The van der Waals surface area contributed by atoms with Gasteiger partial charge in [0.25, 0.3) is 0 Å². The van der Waals surface area contributed by atoms with Crippen molar-refractivity contribution in [2.24, 2.45) is 17.8 Å². The zero-order valence-corrected chi connectivity index (χ0v) is 18.8. The fraction of sp³-hybridized carbons (Fsp3) is 0.586. The third-order valence-electron chi connectivity index (χ3n) is 8.04. The molecule has 0 heterocycles. The molecule has 2 fully saturated rings. The predicted molar refractivity (Wildman–Crippen MR) is 127 cm³/mol. The minimum absolute atomic E-state index is 0.0373. The fourth-order valence-electron chi connectivity index (χ4n) is 6.28. The lowest BCUT2D eigenvalue weighted by atomic mass is 9.63. The summed E-state index contributed by atoms with van der Waals surface area (Å²) in [5.74, 6) is 3.28. The molecule has 162 valence electrons. The molecule has 2 aliphatic carbocycles. The molecule has 4 atom stereocenters. The van der Waals surface area contributed by atoms with Crippen LogP contribution in [0, 0.1) is 23.6 Å². The second-order valence-corrected chi connectivity index (χ2v) is 10.1. The van der Waals surface area contributed by atoms with Gasteiger partial charge in [0.1, 0.15) is 5.82 Å². The van der Waals surface area contributed by atoms with Gasteiger partial charge in [0, 0.05) is 5.39 Å². The summed E-state index contributed by atoms with van der Waals surface area (Å²) in [6, 6.07) is 10.4. The van der Waals surface area contributed by atoms with Crippen molar-refractivity contribution in [2.75, 3.05) is 0 Å². The van der Waals surface area contributed by atoms with Crippen molar-refractivity contribution in [2.45, 2.75) is 89.9 Å². The second-order valence-electron chi connectivity index (χ2n) is 10.1. The van der Waals surface area contributed by atoms with Crippen molar-refractivity contribution < 1.29 is 4.39 Å². The van der Waals surface area contributed by atoms with Crippen LogP contribution >= 0.6 is 0 Å². The summed E-state index contributed by atoms with van der Waals surface area (Å²) in [5.41, 5.74) is 2.44. The van der Waals surface area contributed by atoms with E-state index in [0.717, 1.165) is 41.4 Å². The lowest BCUT2D eigenvalue weighted by Gasteiger charge is -2.42. The van der Waals surface area contributed by atoms with Gasteiger partial charge in [0.15, 0.2) is 0 Å². The van der Waals surface area contributed by atoms with Crippen molar-refractivity contribution in [1.29, 1.82) is 0 Å². The first-order chi connectivity index (χ1) is 14.7. The molecule has 2 unspecified atom stereocenters. The van der Waals surface area contributed by atoms with Crippen LogP contribution < -0.4 is 0 Å².